The van der Waals surface area contributed by atoms with Crippen LogP contribution in [0.25, 0.3) is 0 Å². The van der Waals surface area contributed by atoms with Gasteiger partial charge in [-0.3, -0.25) is 4.68 Å². The van der Waals surface area contributed by atoms with Crippen LogP contribution in [0.1, 0.15) is 48.7 Å². The molecular formula is C26H36N2O9. The van der Waals surface area contributed by atoms with Crippen molar-refractivity contribution in [2.24, 2.45) is 0 Å². The molecule has 2 saturated heterocycles. The van der Waals surface area contributed by atoms with Gasteiger partial charge in [0.2, 0.25) is 12.2 Å². The van der Waals surface area contributed by atoms with E-state index in [0.717, 1.165) is 29.7 Å². The Morgan fingerprint density at radius 2 is 1.81 bits per heavy atom. The van der Waals surface area contributed by atoms with E-state index >= 15 is 0 Å². The van der Waals surface area contributed by atoms with Crippen LogP contribution < -0.4 is 4.74 Å². The minimum atomic E-state index is -1.59. The topological polar surface area (TPSA) is 142 Å². The molecule has 2 fully saturated rings. The second kappa shape index (κ2) is 12.2. The third-order valence-electron chi connectivity index (χ3n) is 6.82. The lowest BCUT2D eigenvalue weighted by atomic mass is 9.99. The Morgan fingerprint density at radius 3 is 2.46 bits per heavy atom. The zero-order chi connectivity index (χ0) is 26.5. The summed E-state index contributed by atoms with van der Waals surface area (Å²) in [4.78, 5) is 11.6. The van der Waals surface area contributed by atoms with E-state index in [-0.39, 0.29) is 18.5 Å². The SMILES string of the molecule is CCOC(=O)OCC1OC(Oc2nn(C3CCOC3)c(C)c2Cc2ccc(CC)cc2)[C@H](O)C(O)[C@@H]1O. The quantitative estimate of drug-likeness (QED) is 0.418. The van der Waals surface area contributed by atoms with E-state index in [1.165, 1.54) is 5.56 Å². The minimum absolute atomic E-state index is 0.0499. The van der Waals surface area contributed by atoms with Crippen molar-refractivity contribution in [3.05, 3.63) is 46.6 Å². The highest BCUT2D eigenvalue weighted by Gasteiger charge is 2.46. The number of aliphatic hydroxyl groups excluding tert-OH is 3. The van der Waals surface area contributed by atoms with Gasteiger partial charge in [0.1, 0.15) is 31.0 Å². The molecule has 0 bridgehead atoms. The maximum absolute atomic E-state index is 11.6. The maximum atomic E-state index is 11.6. The molecule has 4 rings (SSSR count). The summed E-state index contributed by atoms with van der Waals surface area (Å²) < 4.78 is 28.9. The molecular weight excluding hydrogens is 484 g/mol. The second-order valence-electron chi connectivity index (χ2n) is 9.30. The third-order valence-corrected chi connectivity index (χ3v) is 6.82. The molecule has 4 unspecified atom stereocenters. The molecule has 3 heterocycles. The van der Waals surface area contributed by atoms with Crippen molar-refractivity contribution in [1.29, 1.82) is 0 Å². The van der Waals surface area contributed by atoms with E-state index in [0.29, 0.717) is 19.6 Å². The molecule has 2 aliphatic rings. The zero-order valence-corrected chi connectivity index (χ0v) is 21.4. The summed E-state index contributed by atoms with van der Waals surface area (Å²) in [6.45, 7) is 6.60. The van der Waals surface area contributed by atoms with Crippen molar-refractivity contribution >= 4 is 6.16 Å². The fraction of sp³-hybridized carbons (Fsp3) is 0.615. The maximum Gasteiger partial charge on any atom is 0.508 e. The average molecular weight is 521 g/mol. The number of aromatic nitrogens is 2. The zero-order valence-electron chi connectivity index (χ0n) is 21.4. The van der Waals surface area contributed by atoms with Crippen molar-refractivity contribution in [2.45, 2.75) is 76.8 Å². The van der Waals surface area contributed by atoms with Gasteiger partial charge in [-0.1, -0.05) is 31.2 Å². The van der Waals surface area contributed by atoms with Crippen molar-refractivity contribution in [1.82, 2.24) is 9.78 Å². The minimum Gasteiger partial charge on any atom is -0.443 e. The van der Waals surface area contributed by atoms with E-state index in [2.05, 4.69) is 31.2 Å². The second-order valence-corrected chi connectivity index (χ2v) is 9.30. The fourth-order valence-electron chi connectivity index (χ4n) is 4.56. The first-order valence-corrected chi connectivity index (χ1v) is 12.7. The van der Waals surface area contributed by atoms with Gasteiger partial charge in [-0.2, -0.15) is 0 Å². The third kappa shape index (κ3) is 6.24. The van der Waals surface area contributed by atoms with Gasteiger partial charge in [0, 0.05) is 24.3 Å². The Labute approximate surface area is 215 Å². The number of carbonyl (C=O) groups excluding carboxylic acids is 1. The normalized spacial score (nSPS) is 27.7. The van der Waals surface area contributed by atoms with E-state index in [9.17, 15) is 20.1 Å². The van der Waals surface area contributed by atoms with Crippen LogP contribution in [-0.2, 0) is 31.8 Å². The summed E-state index contributed by atoms with van der Waals surface area (Å²) in [5, 5.41) is 36.1. The van der Waals surface area contributed by atoms with E-state index in [1.807, 2.05) is 11.6 Å². The summed E-state index contributed by atoms with van der Waals surface area (Å²) >= 11 is 0. The van der Waals surface area contributed by atoms with Gasteiger partial charge in [-0.15, -0.1) is 5.10 Å². The average Bonchev–Trinajstić information content (AvgIpc) is 3.53. The highest BCUT2D eigenvalue weighted by atomic mass is 16.7. The molecule has 1 aromatic heterocycles. The predicted octanol–water partition coefficient (Wildman–Crippen LogP) is 1.67. The summed E-state index contributed by atoms with van der Waals surface area (Å²) in [6, 6.07) is 8.34. The lowest BCUT2D eigenvalue weighted by Gasteiger charge is -2.39. The van der Waals surface area contributed by atoms with Crippen LogP contribution >= 0.6 is 0 Å². The monoisotopic (exact) mass is 520 g/mol. The highest BCUT2D eigenvalue weighted by molar-refractivity contribution is 5.59. The summed E-state index contributed by atoms with van der Waals surface area (Å²) in [5.41, 5.74) is 4.01. The van der Waals surface area contributed by atoms with E-state index in [1.54, 1.807) is 6.92 Å². The summed E-state index contributed by atoms with van der Waals surface area (Å²) in [7, 11) is 0. The molecule has 0 aliphatic carbocycles. The van der Waals surface area contributed by atoms with Gasteiger partial charge in [-0.05, 0) is 37.8 Å². The van der Waals surface area contributed by atoms with Crippen molar-refractivity contribution in [3.8, 4) is 5.88 Å². The Bertz CT molecular complexity index is 1040. The largest absolute Gasteiger partial charge is 0.508 e. The number of ether oxygens (including phenoxy) is 5. The van der Waals surface area contributed by atoms with E-state index in [4.69, 9.17) is 28.8 Å². The van der Waals surface area contributed by atoms with Crippen LogP contribution in [0.3, 0.4) is 0 Å². The Morgan fingerprint density at radius 1 is 1.08 bits per heavy atom. The number of hydrogen-bond donors (Lipinski definition) is 3. The van der Waals surface area contributed by atoms with Gasteiger partial charge in [0.05, 0.1) is 19.3 Å². The fourth-order valence-corrected chi connectivity index (χ4v) is 4.56. The number of aryl methyl sites for hydroxylation is 1. The van der Waals surface area contributed by atoms with Crippen LogP contribution in [-0.4, -0.2) is 88.4 Å². The van der Waals surface area contributed by atoms with Gasteiger partial charge in [0.25, 0.3) is 0 Å². The predicted molar refractivity (Wildman–Crippen MR) is 130 cm³/mol. The first-order chi connectivity index (χ1) is 17.8. The van der Waals surface area contributed by atoms with Gasteiger partial charge in [-0.25, -0.2) is 4.79 Å². The summed E-state index contributed by atoms with van der Waals surface area (Å²) in [6.07, 6.45) is -5.81. The molecule has 37 heavy (non-hydrogen) atoms. The molecule has 0 radical (unpaired) electrons. The number of carbonyl (C=O) groups is 1. The number of nitrogens with zero attached hydrogens (tertiary/aromatic N) is 2. The molecule has 2 aliphatic heterocycles. The first kappa shape index (κ1) is 27.3. The number of rotatable bonds is 9. The molecule has 11 heteroatoms. The van der Waals surface area contributed by atoms with E-state index < -0.39 is 43.5 Å². The standard InChI is InChI=1S/C26H36N2O9/c1-4-16-6-8-17(9-7-16)12-19-15(3)28(18-10-11-33-13-18)27-24(19)37-25-23(31)22(30)21(29)20(36-25)14-35-26(32)34-5-2/h6-9,18,20-23,25,29-31H,4-5,10-14H2,1-3H3/t18?,20?,21-,22?,23-,25?/m1/s1. The highest BCUT2D eigenvalue weighted by Crippen LogP contribution is 2.32. The molecule has 3 N–H and O–H groups in total. The van der Waals surface area contributed by atoms with Crippen LogP contribution in [0.15, 0.2) is 24.3 Å². The van der Waals surface area contributed by atoms with Crippen molar-refractivity contribution in [3.63, 3.8) is 0 Å². The molecule has 6 atom stereocenters. The lowest BCUT2D eigenvalue weighted by Crippen LogP contribution is -2.60. The number of aliphatic hydroxyl groups is 3. The molecule has 0 amide bonds. The Kier molecular flexibility index (Phi) is 9.04. The van der Waals surface area contributed by atoms with Crippen LogP contribution in [0.5, 0.6) is 5.88 Å². The molecule has 1 aromatic carbocycles. The van der Waals surface area contributed by atoms with Crippen LogP contribution in [0.2, 0.25) is 0 Å². The number of benzene rings is 1. The van der Waals surface area contributed by atoms with Crippen molar-refractivity contribution < 1.29 is 43.8 Å². The molecule has 11 nitrogen and oxygen atoms in total. The van der Waals surface area contributed by atoms with Gasteiger partial charge < -0.3 is 39.0 Å². The molecule has 0 spiro atoms. The smallest absolute Gasteiger partial charge is 0.443 e. The van der Waals surface area contributed by atoms with Gasteiger partial charge in [0.15, 0.2) is 0 Å². The number of hydrogen-bond acceptors (Lipinski definition) is 10. The van der Waals surface area contributed by atoms with Gasteiger partial charge >= 0.3 is 6.16 Å². The molecule has 204 valence electrons. The Balaban J connectivity index is 1.57. The summed E-state index contributed by atoms with van der Waals surface area (Å²) in [5.74, 6) is 0.252. The first-order valence-electron chi connectivity index (χ1n) is 12.7. The Hall–Kier alpha value is -2.70. The lowest BCUT2D eigenvalue weighted by molar-refractivity contribution is -0.278. The van der Waals surface area contributed by atoms with Crippen molar-refractivity contribution in [2.75, 3.05) is 26.4 Å². The van der Waals surface area contributed by atoms with Crippen LogP contribution in [0, 0.1) is 6.92 Å². The van der Waals surface area contributed by atoms with Crippen LogP contribution in [0.4, 0.5) is 4.79 Å². The molecule has 2 aromatic rings. The molecule has 0 saturated carbocycles.